The molecule has 0 bridgehead atoms. The van der Waals surface area contributed by atoms with Gasteiger partial charge in [0.05, 0.1) is 24.7 Å². The second kappa shape index (κ2) is 6.29. The van der Waals surface area contributed by atoms with Crippen molar-refractivity contribution in [3.05, 3.63) is 35.9 Å². The summed E-state index contributed by atoms with van der Waals surface area (Å²) in [4.78, 5) is 15.4. The Kier molecular flexibility index (Phi) is 4.41. The molecule has 3 aliphatic heterocycles. The molecule has 1 unspecified atom stereocenters. The molecule has 4 rings (SSSR count). The maximum atomic E-state index is 13.4. The molecule has 0 radical (unpaired) electrons. The second-order valence-corrected chi connectivity index (χ2v) is 9.36. The third-order valence-electron chi connectivity index (χ3n) is 6.71. The topological polar surface area (TPSA) is 48.0 Å². The predicted molar refractivity (Wildman–Crippen MR) is 102 cm³/mol. The van der Waals surface area contributed by atoms with E-state index in [-0.39, 0.29) is 29.8 Å². The van der Waals surface area contributed by atoms with E-state index in [1.54, 1.807) is 0 Å². The van der Waals surface area contributed by atoms with Crippen LogP contribution in [0.4, 0.5) is 0 Å². The SMILES string of the molecule is CC[C@@]12CO[C@@H](C(C)(C)C)N1C(=O)[C@@H]1CC(OCc3ccccc3)O[C@@]12C. The van der Waals surface area contributed by atoms with Gasteiger partial charge in [-0.25, -0.2) is 0 Å². The van der Waals surface area contributed by atoms with E-state index in [9.17, 15) is 4.79 Å². The Balaban J connectivity index is 1.56. The van der Waals surface area contributed by atoms with E-state index < -0.39 is 11.1 Å². The van der Waals surface area contributed by atoms with E-state index in [4.69, 9.17) is 14.2 Å². The summed E-state index contributed by atoms with van der Waals surface area (Å²) in [5.41, 5.74) is -0.0267. The van der Waals surface area contributed by atoms with E-state index in [0.29, 0.717) is 19.6 Å². The van der Waals surface area contributed by atoms with Crippen LogP contribution in [0.25, 0.3) is 0 Å². The largest absolute Gasteiger partial charge is 0.355 e. The van der Waals surface area contributed by atoms with Crippen molar-refractivity contribution in [3.63, 3.8) is 0 Å². The molecule has 1 amide bonds. The van der Waals surface area contributed by atoms with Crippen LogP contribution in [0.1, 0.15) is 53.0 Å². The lowest BCUT2D eigenvalue weighted by molar-refractivity contribution is -0.198. The van der Waals surface area contributed by atoms with Crippen LogP contribution in [0, 0.1) is 11.3 Å². The zero-order valence-corrected chi connectivity index (χ0v) is 17.0. The molecule has 3 saturated heterocycles. The van der Waals surface area contributed by atoms with Crippen LogP contribution in [0.15, 0.2) is 30.3 Å². The van der Waals surface area contributed by atoms with Gasteiger partial charge in [0.2, 0.25) is 5.91 Å². The Bertz CT molecular complexity index is 715. The number of carbonyl (C=O) groups is 1. The first-order chi connectivity index (χ1) is 12.7. The van der Waals surface area contributed by atoms with E-state index in [0.717, 1.165) is 12.0 Å². The van der Waals surface area contributed by atoms with Crippen LogP contribution in [0.5, 0.6) is 0 Å². The zero-order chi connectivity index (χ0) is 19.4. The summed E-state index contributed by atoms with van der Waals surface area (Å²) >= 11 is 0. The first kappa shape index (κ1) is 18.9. The highest BCUT2D eigenvalue weighted by Crippen LogP contribution is 2.58. The number of carbonyl (C=O) groups excluding carboxylic acids is 1. The van der Waals surface area contributed by atoms with Crippen molar-refractivity contribution in [1.29, 1.82) is 0 Å². The van der Waals surface area contributed by atoms with Gasteiger partial charge in [-0.3, -0.25) is 4.79 Å². The fourth-order valence-corrected chi connectivity index (χ4v) is 5.18. The van der Waals surface area contributed by atoms with E-state index >= 15 is 0 Å². The number of fused-ring (bicyclic) bond motifs is 3. The second-order valence-electron chi connectivity index (χ2n) is 9.36. The Morgan fingerprint density at radius 1 is 1.26 bits per heavy atom. The van der Waals surface area contributed by atoms with E-state index in [2.05, 4.69) is 34.6 Å². The highest BCUT2D eigenvalue weighted by molar-refractivity contribution is 5.86. The van der Waals surface area contributed by atoms with E-state index in [1.807, 2.05) is 35.2 Å². The monoisotopic (exact) mass is 373 g/mol. The Labute approximate surface area is 162 Å². The molecule has 27 heavy (non-hydrogen) atoms. The smallest absolute Gasteiger partial charge is 0.231 e. The molecule has 1 aromatic carbocycles. The normalized spacial score (nSPS) is 38.3. The lowest BCUT2D eigenvalue weighted by atomic mass is 9.75. The van der Waals surface area contributed by atoms with Crippen LogP contribution in [0.2, 0.25) is 0 Å². The van der Waals surface area contributed by atoms with Gasteiger partial charge in [-0.1, -0.05) is 58.0 Å². The molecule has 0 aliphatic carbocycles. The fourth-order valence-electron chi connectivity index (χ4n) is 5.18. The number of amides is 1. The summed E-state index contributed by atoms with van der Waals surface area (Å²) in [7, 11) is 0. The van der Waals surface area contributed by atoms with Gasteiger partial charge in [-0.05, 0) is 18.9 Å². The Morgan fingerprint density at radius 3 is 2.59 bits per heavy atom. The van der Waals surface area contributed by atoms with Crippen molar-refractivity contribution >= 4 is 5.91 Å². The molecule has 5 nitrogen and oxygen atoms in total. The Morgan fingerprint density at radius 2 is 1.96 bits per heavy atom. The molecule has 0 saturated carbocycles. The van der Waals surface area contributed by atoms with Gasteiger partial charge in [-0.2, -0.15) is 0 Å². The Hall–Kier alpha value is -1.43. The third kappa shape index (κ3) is 2.66. The molecule has 3 aliphatic rings. The summed E-state index contributed by atoms with van der Waals surface area (Å²) in [6, 6.07) is 10.1. The van der Waals surface area contributed by atoms with Crippen LogP contribution < -0.4 is 0 Å². The van der Waals surface area contributed by atoms with Gasteiger partial charge in [0.1, 0.15) is 11.8 Å². The molecule has 3 heterocycles. The number of ether oxygens (including phenoxy) is 3. The van der Waals surface area contributed by atoms with Crippen molar-refractivity contribution in [1.82, 2.24) is 4.90 Å². The fraction of sp³-hybridized carbons (Fsp3) is 0.682. The lowest BCUT2D eigenvalue weighted by Crippen LogP contribution is -2.59. The first-order valence-electron chi connectivity index (χ1n) is 10.0. The number of benzene rings is 1. The quantitative estimate of drug-likeness (QED) is 0.807. The minimum absolute atomic E-state index is 0.134. The van der Waals surface area contributed by atoms with Gasteiger partial charge in [0, 0.05) is 11.8 Å². The summed E-state index contributed by atoms with van der Waals surface area (Å²) in [6.07, 6.45) is 0.851. The minimum Gasteiger partial charge on any atom is -0.355 e. The van der Waals surface area contributed by atoms with Crippen molar-refractivity contribution < 1.29 is 19.0 Å². The van der Waals surface area contributed by atoms with Crippen molar-refractivity contribution in [3.8, 4) is 0 Å². The molecular weight excluding hydrogens is 342 g/mol. The van der Waals surface area contributed by atoms with E-state index in [1.165, 1.54) is 0 Å². The summed E-state index contributed by atoms with van der Waals surface area (Å²) in [5, 5.41) is 0. The van der Waals surface area contributed by atoms with Gasteiger partial charge < -0.3 is 19.1 Å². The number of rotatable bonds is 4. The standard InChI is InChI=1S/C22H31NO4/c1-6-22-14-26-19(20(2,3)4)23(22)18(24)16-12-17(27-21(16,22)5)25-13-15-10-8-7-9-11-15/h7-11,16-17,19H,6,12-14H2,1-5H3/t16-,17?,19-,21-,22-/m0/s1. The average molecular weight is 373 g/mol. The molecule has 5 heteroatoms. The van der Waals surface area contributed by atoms with Crippen LogP contribution in [0.3, 0.4) is 0 Å². The van der Waals surface area contributed by atoms with Crippen LogP contribution >= 0.6 is 0 Å². The molecule has 3 fully saturated rings. The van der Waals surface area contributed by atoms with Crippen molar-refractivity contribution in [2.24, 2.45) is 11.3 Å². The molecule has 5 atom stereocenters. The van der Waals surface area contributed by atoms with Crippen LogP contribution in [-0.4, -0.2) is 41.1 Å². The number of hydrogen-bond donors (Lipinski definition) is 0. The summed E-state index contributed by atoms with van der Waals surface area (Å²) in [6.45, 7) is 11.6. The summed E-state index contributed by atoms with van der Waals surface area (Å²) < 4.78 is 18.7. The highest BCUT2D eigenvalue weighted by Gasteiger charge is 2.74. The minimum atomic E-state index is -0.583. The maximum absolute atomic E-state index is 13.4. The molecule has 0 N–H and O–H groups in total. The number of nitrogens with zero attached hydrogens (tertiary/aromatic N) is 1. The highest BCUT2D eigenvalue weighted by atomic mass is 16.7. The number of hydrogen-bond acceptors (Lipinski definition) is 4. The van der Waals surface area contributed by atoms with Crippen molar-refractivity contribution in [2.75, 3.05) is 6.61 Å². The summed E-state index contributed by atoms with van der Waals surface area (Å²) in [5.74, 6) is -0.0189. The maximum Gasteiger partial charge on any atom is 0.231 e. The third-order valence-corrected chi connectivity index (χ3v) is 6.71. The zero-order valence-electron chi connectivity index (χ0n) is 17.0. The first-order valence-corrected chi connectivity index (χ1v) is 10.0. The van der Waals surface area contributed by atoms with Gasteiger partial charge in [-0.15, -0.1) is 0 Å². The predicted octanol–water partition coefficient (Wildman–Crippen LogP) is 3.72. The van der Waals surface area contributed by atoms with Gasteiger partial charge >= 0.3 is 0 Å². The molecule has 0 spiro atoms. The van der Waals surface area contributed by atoms with Gasteiger partial charge in [0.15, 0.2) is 6.29 Å². The lowest BCUT2D eigenvalue weighted by Gasteiger charge is -2.43. The van der Waals surface area contributed by atoms with Crippen molar-refractivity contribution in [2.45, 2.75) is 77.7 Å². The average Bonchev–Trinajstić information content (AvgIpc) is 3.23. The molecule has 148 valence electrons. The van der Waals surface area contributed by atoms with Crippen LogP contribution in [-0.2, 0) is 25.6 Å². The van der Waals surface area contributed by atoms with Gasteiger partial charge in [0.25, 0.3) is 0 Å². The molecule has 1 aromatic rings. The molecule has 0 aromatic heterocycles. The molecular formula is C22H31NO4.